The fourth-order valence-corrected chi connectivity index (χ4v) is 2.54. The Morgan fingerprint density at radius 2 is 1.80 bits per heavy atom. The third kappa shape index (κ3) is 4.30. The molecular weight excluding hydrogens is 255 g/mol. The summed E-state index contributed by atoms with van der Waals surface area (Å²) >= 11 is 0. The van der Waals surface area contributed by atoms with Crippen molar-refractivity contribution in [3.63, 3.8) is 0 Å². The lowest BCUT2D eigenvalue weighted by Crippen LogP contribution is -2.39. The molecule has 1 aromatic rings. The van der Waals surface area contributed by atoms with Crippen molar-refractivity contribution in [3.05, 3.63) is 35.6 Å². The first-order valence-electron chi connectivity index (χ1n) is 7.43. The highest BCUT2D eigenvalue weighted by Crippen LogP contribution is 2.13. The lowest BCUT2D eigenvalue weighted by Gasteiger charge is -2.22. The zero-order valence-electron chi connectivity index (χ0n) is 12.1. The monoisotopic (exact) mass is 278 g/mol. The van der Waals surface area contributed by atoms with Gasteiger partial charge in [0.2, 0.25) is 5.91 Å². The van der Waals surface area contributed by atoms with Gasteiger partial charge in [-0.25, -0.2) is 4.39 Å². The van der Waals surface area contributed by atoms with E-state index in [0.717, 1.165) is 31.5 Å². The van der Waals surface area contributed by atoms with Crippen molar-refractivity contribution in [3.8, 4) is 0 Å². The molecule has 1 amide bonds. The van der Waals surface area contributed by atoms with Gasteiger partial charge in [0.25, 0.3) is 0 Å². The fraction of sp³-hybridized carbons (Fsp3) is 0.562. The van der Waals surface area contributed by atoms with E-state index in [4.69, 9.17) is 0 Å². The maximum Gasteiger partial charge on any atom is 0.236 e. The second-order valence-electron chi connectivity index (χ2n) is 5.45. The van der Waals surface area contributed by atoms with E-state index in [1.807, 2.05) is 11.8 Å². The Labute approximate surface area is 120 Å². The molecule has 0 aromatic heterocycles. The summed E-state index contributed by atoms with van der Waals surface area (Å²) in [5.74, 6) is -0.0672. The molecule has 1 heterocycles. The highest BCUT2D eigenvalue weighted by Gasteiger charge is 2.16. The van der Waals surface area contributed by atoms with Gasteiger partial charge < -0.3 is 10.2 Å². The average Bonchev–Trinajstić information content (AvgIpc) is 2.74. The second kappa shape index (κ2) is 7.39. The van der Waals surface area contributed by atoms with E-state index < -0.39 is 0 Å². The van der Waals surface area contributed by atoms with Crippen LogP contribution in [0, 0.1) is 5.82 Å². The molecule has 4 heteroatoms. The number of likely N-dealkylation sites (tertiary alicyclic amines) is 1. The van der Waals surface area contributed by atoms with Crippen LogP contribution in [0.25, 0.3) is 0 Å². The number of carbonyl (C=O) groups excluding carboxylic acids is 1. The smallest absolute Gasteiger partial charge is 0.236 e. The molecule has 0 bridgehead atoms. The van der Waals surface area contributed by atoms with Crippen molar-refractivity contribution >= 4 is 5.91 Å². The van der Waals surface area contributed by atoms with E-state index >= 15 is 0 Å². The van der Waals surface area contributed by atoms with Crippen LogP contribution in [0.3, 0.4) is 0 Å². The Morgan fingerprint density at radius 1 is 1.20 bits per heavy atom. The normalized spacial score (nSPS) is 17.6. The van der Waals surface area contributed by atoms with E-state index in [1.165, 1.54) is 25.0 Å². The van der Waals surface area contributed by atoms with Crippen molar-refractivity contribution in [1.29, 1.82) is 0 Å². The molecule has 1 atom stereocenters. The summed E-state index contributed by atoms with van der Waals surface area (Å²) in [6, 6.07) is 6.45. The fourth-order valence-electron chi connectivity index (χ4n) is 2.54. The topological polar surface area (TPSA) is 32.3 Å². The van der Waals surface area contributed by atoms with Gasteiger partial charge in [0.15, 0.2) is 0 Å². The number of hydrogen-bond donors (Lipinski definition) is 1. The summed E-state index contributed by atoms with van der Waals surface area (Å²) in [7, 11) is 0. The van der Waals surface area contributed by atoms with Gasteiger partial charge in [-0.3, -0.25) is 4.79 Å². The predicted molar refractivity (Wildman–Crippen MR) is 77.9 cm³/mol. The zero-order chi connectivity index (χ0) is 14.4. The third-order valence-electron chi connectivity index (χ3n) is 3.89. The highest BCUT2D eigenvalue weighted by molar-refractivity contribution is 5.78. The average molecular weight is 278 g/mol. The third-order valence-corrected chi connectivity index (χ3v) is 3.89. The molecular formula is C16H23FN2O. The summed E-state index contributed by atoms with van der Waals surface area (Å²) in [6.45, 7) is 4.10. The highest BCUT2D eigenvalue weighted by atomic mass is 19.1. The number of halogens is 1. The predicted octanol–water partition coefficient (Wildman–Crippen LogP) is 2.88. The molecule has 3 nitrogen and oxygen atoms in total. The number of nitrogens with zero attached hydrogens (tertiary/aromatic N) is 1. The Hall–Kier alpha value is -1.42. The van der Waals surface area contributed by atoms with Crippen LogP contribution in [0.2, 0.25) is 0 Å². The van der Waals surface area contributed by atoms with E-state index in [2.05, 4.69) is 5.32 Å². The van der Waals surface area contributed by atoms with Crippen LogP contribution in [-0.4, -0.2) is 30.4 Å². The number of rotatable bonds is 4. The van der Waals surface area contributed by atoms with Gasteiger partial charge in [0, 0.05) is 19.1 Å². The minimum absolute atomic E-state index is 0.0477. The standard InChI is InChI=1S/C16H23FN2O/c1-13(14-6-8-15(17)9-7-14)18-12-16(20)19-10-4-2-3-5-11-19/h6-9,13,18H,2-5,10-12H2,1H3. The van der Waals surface area contributed by atoms with E-state index in [9.17, 15) is 9.18 Å². The second-order valence-corrected chi connectivity index (χ2v) is 5.45. The first-order chi connectivity index (χ1) is 9.66. The Kier molecular flexibility index (Phi) is 5.53. The first kappa shape index (κ1) is 15.0. The van der Waals surface area contributed by atoms with Gasteiger partial charge in [0.1, 0.15) is 5.82 Å². The lowest BCUT2D eigenvalue weighted by atomic mass is 10.1. The minimum Gasteiger partial charge on any atom is -0.342 e. The van der Waals surface area contributed by atoms with Crippen LogP contribution in [0.15, 0.2) is 24.3 Å². The van der Waals surface area contributed by atoms with Crippen LogP contribution in [0.5, 0.6) is 0 Å². The van der Waals surface area contributed by atoms with Crippen LogP contribution in [0.1, 0.15) is 44.2 Å². The molecule has 2 rings (SSSR count). The molecule has 0 radical (unpaired) electrons. The van der Waals surface area contributed by atoms with Gasteiger partial charge in [-0.15, -0.1) is 0 Å². The SMILES string of the molecule is CC(NCC(=O)N1CCCCCC1)c1ccc(F)cc1. The number of nitrogens with one attached hydrogen (secondary N) is 1. The lowest BCUT2D eigenvalue weighted by molar-refractivity contribution is -0.130. The van der Waals surface area contributed by atoms with Gasteiger partial charge in [0.05, 0.1) is 6.54 Å². The molecule has 1 aromatic carbocycles. The molecule has 0 spiro atoms. The summed E-state index contributed by atoms with van der Waals surface area (Å²) in [5, 5.41) is 3.22. The quantitative estimate of drug-likeness (QED) is 0.918. The molecule has 1 aliphatic rings. The summed E-state index contributed by atoms with van der Waals surface area (Å²) in [6.07, 6.45) is 4.67. The van der Waals surface area contributed by atoms with E-state index in [0.29, 0.717) is 6.54 Å². The van der Waals surface area contributed by atoms with Crippen molar-refractivity contribution < 1.29 is 9.18 Å². The van der Waals surface area contributed by atoms with Crippen LogP contribution in [0.4, 0.5) is 4.39 Å². The molecule has 20 heavy (non-hydrogen) atoms. The van der Waals surface area contributed by atoms with Crippen molar-refractivity contribution in [2.75, 3.05) is 19.6 Å². The van der Waals surface area contributed by atoms with Gasteiger partial charge >= 0.3 is 0 Å². The van der Waals surface area contributed by atoms with Crippen LogP contribution < -0.4 is 5.32 Å². The molecule has 1 unspecified atom stereocenters. The van der Waals surface area contributed by atoms with E-state index in [-0.39, 0.29) is 17.8 Å². The van der Waals surface area contributed by atoms with E-state index in [1.54, 1.807) is 12.1 Å². The maximum absolute atomic E-state index is 12.9. The van der Waals surface area contributed by atoms with Crippen LogP contribution >= 0.6 is 0 Å². The molecule has 0 saturated carbocycles. The van der Waals surface area contributed by atoms with Crippen LogP contribution in [-0.2, 0) is 4.79 Å². The molecule has 110 valence electrons. The number of carbonyl (C=O) groups is 1. The molecule has 1 saturated heterocycles. The largest absolute Gasteiger partial charge is 0.342 e. The molecule has 1 N–H and O–H groups in total. The maximum atomic E-state index is 12.9. The Bertz CT molecular complexity index is 425. The molecule has 0 aliphatic carbocycles. The summed E-state index contributed by atoms with van der Waals surface area (Å²) < 4.78 is 12.9. The van der Waals surface area contributed by atoms with Crippen molar-refractivity contribution in [2.24, 2.45) is 0 Å². The number of amides is 1. The molecule has 1 fully saturated rings. The van der Waals surface area contributed by atoms with Crippen molar-refractivity contribution in [1.82, 2.24) is 10.2 Å². The van der Waals surface area contributed by atoms with Gasteiger partial charge in [-0.2, -0.15) is 0 Å². The zero-order valence-corrected chi connectivity index (χ0v) is 12.1. The summed E-state index contributed by atoms with van der Waals surface area (Å²) in [5.41, 5.74) is 0.995. The number of benzene rings is 1. The Morgan fingerprint density at radius 3 is 2.40 bits per heavy atom. The van der Waals surface area contributed by atoms with Gasteiger partial charge in [-0.1, -0.05) is 25.0 Å². The first-order valence-corrected chi connectivity index (χ1v) is 7.43. The minimum atomic E-state index is -0.235. The number of hydrogen-bond acceptors (Lipinski definition) is 2. The van der Waals surface area contributed by atoms with Gasteiger partial charge in [-0.05, 0) is 37.5 Å². The summed E-state index contributed by atoms with van der Waals surface area (Å²) in [4.78, 5) is 14.1. The van der Waals surface area contributed by atoms with Crippen molar-refractivity contribution in [2.45, 2.75) is 38.6 Å². The Balaban J connectivity index is 1.81. The molecule has 1 aliphatic heterocycles.